The minimum atomic E-state index is 0.101. The minimum Gasteiger partial charge on any atom is -0.465 e. The second-order valence-corrected chi connectivity index (χ2v) is 2.54. The van der Waals surface area contributed by atoms with Gasteiger partial charge in [0.05, 0.1) is 6.10 Å². The van der Waals surface area contributed by atoms with Gasteiger partial charge in [0.2, 0.25) is 0 Å². The van der Waals surface area contributed by atoms with Crippen molar-refractivity contribution in [2.45, 2.75) is 45.6 Å². The molecule has 0 N–H and O–H groups in total. The van der Waals surface area contributed by atoms with Crippen LogP contribution in [0.2, 0.25) is 0 Å². The maximum Gasteiger partial charge on any atom is 0.293 e. The van der Waals surface area contributed by atoms with Crippen LogP contribution in [0.3, 0.4) is 0 Å². The van der Waals surface area contributed by atoms with Gasteiger partial charge in [-0.3, -0.25) is 4.79 Å². The molecule has 2 heteroatoms. The lowest BCUT2D eigenvalue weighted by molar-refractivity contribution is -0.133. The van der Waals surface area contributed by atoms with E-state index in [1.165, 1.54) is 12.8 Å². The van der Waals surface area contributed by atoms with E-state index in [1.54, 1.807) is 0 Å². The van der Waals surface area contributed by atoms with Gasteiger partial charge in [0.1, 0.15) is 0 Å². The van der Waals surface area contributed by atoms with Crippen molar-refractivity contribution in [1.29, 1.82) is 0 Å². The second-order valence-electron chi connectivity index (χ2n) is 2.54. The van der Waals surface area contributed by atoms with Crippen LogP contribution in [-0.4, -0.2) is 12.6 Å². The molecule has 0 amide bonds. The summed E-state index contributed by atoms with van der Waals surface area (Å²) in [7, 11) is 0. The van der Waals surface area contributed by atoms with Gasteiger partial charge in [-0.25, -0.2) is 0 Å². The molecule has 0 rings (SSSR count). The Balaban J connectivity index is 3.04. The zero-order chi connectivity index (χ0) is 7.82. The van der Waals surface area contributed by atoms with E-state index < -0.39 is 0 Å². The molecule has 0 aliphatic carbocycles. The van der Waals surface area contributed by atoms with Crippen LogP contribution in [0.5, 0.6) is 0 Å². The van der Waals surface area contributed by atoms with Gasteiger partial charge in [0.25, 0.3) is 6.47 Å². The monoisotopic (exact) mass is 144 g/mol. The van der Waals surface area contributed by atoms with Gasteiger partial charge >= 0.3 is 0 Å². The van der Waals surface area contributed by atoms with E-state index in [-0.39, 0.29) is 6.10 Å². The predicted octanol–water partition coefficient (Wildman–Crippen LogP) is 2.13. The number of unbranched alkanes of at least 4 members (excludes halogenated alkanes) is 2. The smallest absolute Gasteiger partial charge is 0.293 e. The lowest BCUT2D eigenvalue weighted by atomic mass is 10.1. The summed E-state index contributed by atoms with van der Waals surface area (Å²) in [6, 6.07) is 0. The van der Waals surface area contributed by atoms with Gasteiger partial charge in [0, 0.05) is 0 Å². The third-order valence-electron chi connectivity index (χ3n) is 1.50. The number of ether oxygens (including phenoxy) is 1. The van der Waals surface area contributed by atoms with Gasteiger partial charge in [-0.05, 0) is 19.8 Å². The number of carbonyl (C=O) groups excluding carboxylic acids is 1. The van der Waals surface area contributed by atoms with E-state index in [1.807, 2.05) is 6.92 Å². The molecule has 0 fully saturated rings. The van der Waals surface area contributed by atoms with Gasteiger partial charge in [-0.2, -0.15) is 0 Å². The normalized spacial score (nSPS) is 12.6. The molecule has 10 heavy (non-hydrogen) atoms. The van der Waals surface area contributed by atoms with Crippen LogP contribution in [-0.2, 0) is 9.53 Å². The maximum absolute atomic E-state index is 9.83. The molecule has 0 spiro atoms. The van der Waals surface area contributed by atoms with E-state index in [0.717, 1.165) is 12.8 Å². The molecule has 0 aliphatic rings. The van der Waals surface area contributed by atoms with E-state index in [4.69, 9.17) is 4.74 Å². The first-order valence-electron chi connectivity index (χ1n) is 3.90. The second kappa shape index (κ2) is 6.59. The Morgan fingerprint density at radius 1 is 1.50 bits per heavy atom. The van der Waals surface area contributed by atoms with Crippen molar-refractivity contribution >= 4 is 6.47 Å². The van der Waals surface area contributed by atoms with Gasteiger partial charge in [-0.15, -0.1) is 0 Å². The first-order chi connectivity index (χ1) is 4.81. The highest BCUT2D eigenvalue weighted by Gasteiger charge is 1.98. The molecule has 60 valence electrons. The van der Waals surface area contributed by atoms with Crippen molar-refractivity contribution < 1.29 is 9.53 Å². The van der Waals surface area contributed by atoms with Crippen molar-refractivity contribution in [3.8, 4) is 0 Å². The number of hydrogen-bond donors (Lipinski definition) is 0. The highest BCUT2D eigenvalue weighted by atomic mass is 16.5. The third kappa shape index (κ3) is 5.60. The summed E-state index contributed by atoms with van der Waals surface area (Å²) in [5.41, 5.74) is 0. The highest BCUT2D eigenvalue weighted by molar-refractivity contribution is 5.37. The van der Waals surface area contributed by atoms with Gasteiger partial charge in [0.15, 0.2) is 0 Å². The highest BCUT2D eigenvalue weighted by Crippen LogP contribution is 2.04. The molecule has 0 heterocycles. The van der Waals surface area contributed by atoms with Crippen molar-refractivity contribution in [2.75, 3.05) is 0 Å². The fourth-order valence-electron chi connectivity index (χ4n) is 0.845. The molecule has 0 saturated carbocycles. The maximum atomic E-state index is 9.83. The molecule has 2 nitrogen and oxygen atoms in total. The minimum absolute atomic E-state index is 0.101. The Morgan fingerprint density at radius 3 is 2.70 bits per heavy atom. The third-order valence-corrected chi connectivity index (χ3v) is 1.50. The SMILES string of the molecule is CCCCC[C@H](C)OC=O. The van der Waals surface area contributed by atoms with E-state index in [9.17, 15) is 4.79 Å². The van der Waals surface area contributed by atoms with Crippen molar-refractivity contribution in [3.63, 3.8) is 0 Å². The number of rotatable bonds is 6. The molecule has 0 aromatic heterocycles. The summed E-state index contributed by atoms with van der Waals surface area (Å²) in [5, 5.41) is 0. The Bertz CT molecular complexity index is 81.3. The average Bonchev–Trinajstić information content (AvgIpc) is 1.89. The summed E-state index contributed by atoms with van der Waals surface area (Å²) >= 11 is 0. The topological polar surface area (TPSA) is 26.3 Å². The number of hydrogen-bond acceptors (Lipinski definition) is 2. The summed E-state index contributed by atoms with van der Waals surface area (Å²) in [6.45, 7) is 4.60. The van der Waals surface area contributed by atoms with Crippen LogP contribution >= 0.6 is 0 Å². The fraction of sp³-hybridized carbons (Fsp3) is 0.875. The lowest BCUT2D eigenvalue weighted by Gasteiger charge is -2.07. The zero-order valence-electron chi connectivity index (χ0n) is 6.80. The molecule has 0 saturated heterocycles. The molecule has 0 radical (unpaired) electrons. The summed E-state index contributed by atoms with van der Waals surface area (Å²) in [5.74, 6) is 0. The molecule has 0 bridgehead atoms. The summed E-state index contributed by atoms with van der Waals surface area (Å²) < 4.78 is 4.71. The Morgan fingerprint density at radius 2 is 2.20 bits per heavy atom. The molecule has 1 atom stereocenters. The zero-order valence-corrected chi connectivity index (χ0v) is 6.80. The number of carbonyl (C=O) groups is 1. The average molecular weight is 144 g/mol. The van der Waals surface area contributed by atoms with Crippen LogP contribution in [0.4, 0.5) is 0 Å². The summed E-state index contributed by atoms with van der Waals surface area (Å²) in [4.78, 5) is 9.83. The quantitative estimate of drug-likeness (QED) is 0.421. The predicted molar refractivity (Wildman–Crippen MR) is 40.8 cm³/mol. The molecular formula is C8H16O2. The van der Waals surface area contributed by atoms with Crippen molar-refractivity contribution in [3.05, 3.63) is 0 Å². The fourth-order valence-corrected chi connectivity index (χ4v) is 0.845. The van der Waals surface area contributed by atoms with Crippen LogP contribution in [0.25, 0.3) is 0 Å². The molecule has 0 aliphatic heterocycles. The summed E-state index contributed by atoms with van der Waals surface area (Å²) in [6.07, 6.45) is 4.70. The Labute approximate surface area is 62.6 Å². The lowest BCUT2D eigenvalue weighted by Crippen LogP contribution is -2.05. The standard InChI is InChI=1S/C8H16O2/c1-3-4-5-6-8(2)10-7-9/h7-8H,3-6H2,1-2H3/t8-/m0/s1. The molecule has 0 aromatic rings. The largest absolute Gasteiger partial charge is 0.465 e. The van der Waals surface area contributed by atoms with Crippen LogP contribution in [0, 0.1) is 0 Å². The van der Waals surface area contributed by atoms with Gasteiger partial charge < -0.3 is 4.74 Å². The van der Waals surface area contributed by atoms with Crippen molar-refractivity contribution in [2.24, 2.45) is 0 Å². The Hall–Kier alpha value is -0.530. The van der Waals surface area contributed by atoms with E-state index >= 15 is 0 Å². The molecule has 0 aromatic carbocycles. The van der Waals surface area contributed by atoms with E-state index in [0.29, 0.717) is 6.47 Å². The van der Waals surface area contributed by atoms with Crippen LogP contribution in [0.1, 0.15) is 39.5 Å². The first kappa shape index (κ1) is 9.47. The first-order valence-corrected chi connectivity index (χ1v) is 3.90. The van der Waals surface area contributed by atoms with Crippen LogP contribution < -0.4 is 0 Å². The molecular weight excluding hydrogens is 128 g/mol. The van der Waals surface area contributed by atoms with E-state index in [2.05, 4.69) is 6.92 Å². The Kier molecular flexibility index (Phi) is 6.24. The van der Waals surface area contributed by atoms with Crippen LogP contribution in [0.15, 0.2) is 0 Å². The molecule has 0 unspecified atom stereocenters. The van der Waals surface area contributed by atoms with Gasteiger partial charge in [-0.1, -0.05) is 19.8 Å². The van der Waals surface area contributed by atoms with Crippen molar-refractivity contribution in [1.82, 2.24) is 0 Å².